The first-order valence-corrected chi connectivity index (χ1v) is 6.28. The first-order chi connectivity index (χ1) is 8.40. The number of aliphatic hydroxyl groups is 1. The fraction of sp³-hybridized carbons (Fsp3) is 0.533. The van der Waals surface area contributed by atoms with E-state index in [1.54, 1.807) is 13.2 Å². The van der Waals surface area contributed by atoms with E-state index in [-0.39, 0.29) is 5.78 Å². The minimum Gasteiger partial charge on any atom is -0.384 e. The smallest absolute Gasteiger partial charge is 0.193 e. The van der Waals surface area contributed by atoms with Gasteiger partial charge in [0.25, 0.3) is 0 Å². The van der Waals surface area contributed by atoms with Crippen LogP contribution in [-0.2, 0) is 17.6 Å². The van der Waals surface area contributed by atoms with E-state index in [1.807, 2.05) is 12.1 Å². The Bertz CT molecular complexity index is 416. The third-order valence-electron chi connectivity index (χ3n) is 2.98. The molecule has 0 saturated carbocycles. The highest BCUT2D eigenvalue weighted by Crippen LogP contribution is 2.18. The largest absolute Gasteiger partial charge is 0.384 e. The molecular formula is C15H22O3. The SMILES string of the molecule is CCc1ccc(C(=O)C(C)(C)O)cc1CCOC. The summed E-state index contributed by atoms with van der Waals surface area (Å²) in [5.74, 6) is -0.246. The topological polar surface area (TPSA) is 46.5 Å². The number of hydrogen-bond donors (Lipinski definition) is 1. The zero-order valence-corrected chi connectivity index (χ0v) is 11.6. The van der Waals surface area contributed by atoms with Gasteiger partial charge in [-0.15, -0.1) is 0 Å². The summed E-state index contributed by atoms with van der Waals surface area (Å²) in [4.78, 5) is 12.0. The molecule has 1 aromatic rings. The van der Waals surface area contributed by atoms with E-state index < -0.39 is 5.60 Å². The first kappa shape index (κ1) is 14.9. The van der Waals surface area contributed by atoms with Crippen LogP contribution in [0.1, 0.15) is 42.3 Å². The van der Waals surface area contributed by atoms with Gasteiger partial charge < -0.3 is 9.84 Å². The van der Waals surface area contributed by atoms with Crippen molar-refractivity contribution < 1.29 is 14.6 Å². The maximum absolute atomic E-state index is 12.0. The van der Waals surface area contributed by atoms with Gasteiger partial charge in [-0.2, -0.15) is 0 Å². The van der Waals surface area contributed by atoms with Crippen molar-refractivity contribution in [3.63, 3.8) is 0 Å². The summed E-state index contributed by atoms with van der Waals surface area (Å²) < 4.78 is 5.08. The number of ketones is 1. The van der Waals surface area contributed by atoms with E-state index in [2.05, 4.69) is 6.92 Å². The van der Waals surface area contributed by atoms with Crippen LogP contribution in [0.25, 0.3) is 0 Å². The van der Waals surface area contributed by atoms with E-state index in [9.17, 15) is 9.90 Å². The Balaban J connectivity index is 3.06. The summed E-state index contributed by atoms with van der Waals surface area (Å²) in [6.45, 7) is 5.74. The standard InChI is InChI=1S/C15H22O3/c1-5-11-6-7-13(14(16)15(2,3)17)10-12(11)8-9-18-4/h6-7,10,17H,5,8-9H2,1-4H3. The predicted molar refractivity (Wildman–Crippen MR) is 72.0 cm³/mol. The summed E-state index contributed by atoms with van der Waals surface area (Å²) in [5, 5.41) is 9.76. The van der Waals surface area contributed by atoms with Crippen LogP contribution < -0.4 is 0 Å². The Morgan fingerprint density at radius 3 is 2.50 bits per heavy atom. The number of carbonyl (C=O) groups excluding carboxylic acids is 1. The molecule has 3 heteroatoms. The van der Waals surface area contributed by atoms with Gasteiger partial charge in [0.15, 0.2) is 5.78 Å². The lowest BCUT2D eigenvalue weighted by Gasteiger charge is -2.17. The molecule has 1 rings (SSSR count). The molecule has 0 fully saturated rings. The van der Waals surface area contributed by atoms with Crippen LogP contribution in [0, 0.1) is 0 Å². The molecule has 0 aliphatic rings. The van der Waals surface area contributed by atoms with Crippen LogP contribution in [0.3, 0.4) is 0 Å². The first-order valence-electron chi connectivity index (χ1n) is 6.28. The highest BCUT2D eigenvalue weighted by molar-refractivity contribution is 6.01. The molecular weight excluding hydrogens is 228 g/mol. The predicted octanol–water partition coefficient (Wildman–Crippen LogP) is 2.39. The van der Waals surface area contributed by atoms with Crippen molar-refractivity contribution >= 4 is 5.78 Å². The Morgan fingerprint density at radius 2 is 2.00 bits per heavy atom. The molecule has 0 aromatic heterocycles. The van der Waals surface area contributed by atoms with Gasteiger partial charge in [0, 0.05) is 12.7 Å². The van der Waals surface area contributed by atoms with Gasteiger partial charge in [-0.3, -0.25) is 4.79 Å². The van der Waals surface area contributed by atoms with E-state index >= 15 is 0 Å². The number of rotatable bonds is 6. The molecule has 0 heterocycles. The second-order valence-electron chi connectivity index (χ2n) is 4.97. The van der Waals surface area contributed by atoms with Crippen LogP contribution in [0.2, 0.25) is 0 Å². The maximum atomic E-state index is 12.0. The van der Waals surface area contributed by atoms with Gasteiger partial charge in [0.05, 0.1) is 6.61 Å². The maximum Gasteiger partial charge on any atom is 0.193 e. The second kappa shape index (κ2) is 6.12. The molecule has 100 valence electrons. The lowest BCUT2D eigenvalue weighted by atomic mass is 9.92. The van der Waals surface area contributed by atoms with Crippen LogP contribution in [0.15, 0.2) is 18.2 Å². The number of ether oxygens (including phenoxy) is 1. The molecule has 1 aromatic carbocycles. The number of hydrogen-bond acceptors (Lipinski definition) is 3. The molecule has 0 spiro atoms. The summed E-state index contributed by atoms with van der Waals surface area (Å²) in [6.07, 6.45) is 1.71. The minimum atomic E-state index is -1.33. The van der Waals surface area contributed by atoms with E-state index in [4.69, 9.17) is 4.74 Å². The molecule has 1 N–H and O–H groups in total. The van der Waals surface area contributed by atoms with Gasteiger partial charge in [-0.05, 0) is 43.9 Å². The lowest BCUT2D eigenvalue weighted by Crippen LogP contribution is -2.31. The molecule has 0 aliphatic carbocycles. The minimum absolute atomic E-state index is 0.246. The molecule has 3 nitrogen and oxygen atoms in total. The van der Waals surface area contributed by atoms with Gasteiger partial charge >= 0.3 is 0 Å². The molecule has 0 amide bonds. The second-order valence-corrected chi connectivity index (χ2v) is 4.97. The average Bonchev–Trinajstić information content (AvgIpc) is 2.33. The van der Waals surface area contributed by atoms with Crippen molar-refractivity contribution in [2.24, 2.45) is 0 Å². The number of carbonyl (C=O) groups is 1. The number of benzene rings is 1. The molecule has 0 aliphatic heterocycles. The van der Waals surface area contributed by atoms with E-state index in [1.165, 1.54) is 19.4 Å². The van der Waals surface area contributed by atoms with Crippen LogP contribution >= 0.6 is 0 Å². The number of methoxy groups -OCH3 is 1. The Morgan fingerprint density at radius 1 is 1.33 bits per heavy atom. The Kier molecular flexibility index (Phi) is 5.05. The molecule has 0 bridgehead atoms. The van der Waals surface area contributed by atoms with Gasteiger partial charge in [0.1, 0.15) is 5.60 Å². The van der Waals surface area contributed by atoms with E-state index in [0.717, 1.165) is 18.4 Å². The van der Waals surface area contributed by atoms with Crippen molar-refractivity contribution in [2.75, 3.05) is 13.7 Å². The highest BCUT2D eigenvalue weighted by atomic mass is 16.5. The van der Waals surface area contributed by atoms with Crippen molar-refractivity contribution in [3.8, 4) is 0 Å². The van der Waals surface area contributed by atoms with Gasteiger partial charge in [-0.25, -0.2) is 0 Å². The highest BCUT2D eigenvalue weighted by Gasteiger charge is 2.25. The quantitative estimate of drug-likeness (QED) is 0.789. The molecule has 0 saturated heterocycles. The lowest BCUT2D eigenvalue weighted by molar-refractivity contribution is 0.0488. The summed E-state index contributed by atoms with van der Waals surface area (Å²) >= 11 is 0. The fourth-order valence-corrected chi connectivity index (χ4v) is 1.91. The molecule has 18 heavy (non-hydrogen) atoms. The third-order valence-corrected chi connectivity index (χ3v) is 2.98. The Hall–Kier alpha value is -1.19. The van der Waals surface area contributed by atoms with Crippen molar-refractivity contribution in [3.05, 3.63) is 34.9 Å². The summed E-state index contributed by atoms with van der Waals surface area (Å²) in [7, 11) is 1.66. The fourth-order valence-electron chi connectivity index (χ4n) is 1.91. The molecule has 0 atom stereocenters. The average molecular weight is 250 g/mol. The normalized spacial score (nSPS) is 11.6. The van der Waals surface area contributed by atoms with Crippen LogP contribution in [0.4, 0.5) is 0 Å². The molecule has 0 radical (unpaired) electrons. The van der Waals surface area contributed by atoms with E-state index in [0.29, 0.717) is 12.2 Å². The summed E-state index contributed by atoms with van der Waals surface area (Å²) in [5.41, 5.74) is 1.58. The van der Waals surface area contributed by atoms with Crippen LogP contribution in [-0.4, -0.2) is 30.2 Å². The van der Waals surface area contributed by atoms with Crippen LogP contribution in [0.5, 0.6) is 0 Å². The van der Waals surface area contributed by atoms with Crippen molar-refractivity contribution in [1.29, 1.82) is 0 Å². The van der Waals surface area contributed by atoms with Gasteiger partial charge in [-0.1, -0.05) is 19.1 Å². The number of Topliss-reactive ketones (excluding diaryl/α,β-unsaturated/α-hetero) is 1. The van der Waals surface area contributed by atoms with Crippen molar-refractivity contribution in [2.45, 2.75) is 39.2 Å². The zero-order chi connectivity index (χ0) is 13.8. The Labute approximate surface area is 109 Å². The summed E-state index contributed by atoms with van der Waals surface area (Å²) in [6, 6.07) is 5.62. The monoisotopic (exact) mass is 250 g/mol. The zero-order valence-electron chi connectivity index (χ0n) is 11.6. The van der Waals surface area contributed by atoms with Crippen molar-refractivity contribution in [1.82, 2.24) is 0 Å². The van der Waals surface area contributed by atoms with Gasteiger partial charge in [0.2, 0.25) is 0 Å². The number of aryl methyl sites for hydroxylation is 1. The molecule has 0 unspecified atom stereocenters. The third kappa shape index (κ3) is 3.65.